The molecule has 2 aliphatic heterocycles. The van der Waals surface area contributed by atoms with Crippen LogP contribution < -0.4 is 5.43 Å². The summed E-state index contributed by atoms with van der Waals surface area (Å²) in [5, 5.41) is 1.94. The molecule has 0 spiro atoms. The Bertz CT molecular complexity index is 315. The molecular formula is C11H21BN2O2. The average molecular weight is 224 g/mol. The minimum Gasteiger partial charge on any atom is -0.407 e. The molecule has 2 aliphatic rings. The Balaban J connectivity index is 2.09. The van der Waals surface area contributed by atoms with Crippen molar-refractivity contribution in [2.24, 2.45) is 5.41 Å². The van der Waals surface area contributed by atoms with Crippen molar-refractivity contribution in [3.63, 3.8) is 0 Å². The summed E-state index contributed by atoms with van der Waals surface area (Å²) in [4.78, 5) is 0. The molecule has 0 bridgehead atoms. The van der Waals surface area contributed by atoms with Gasteiger partial charge >= 0.3 is 7.12 Å². The molecule has 5 heteroatoms. The first-order valence-corrected chi connectivity index (χ1v) is 5.78. The van der Waals surface area contributed by atoms with Gasteiger partial charge in [0.1, 0.15) is 0 Å². The van der Waals surface area contributed by atoms with Gasteiger partial charge in [-0.15, -0.1) is 0 Å². The van der Waals surface area contributed by atoms with Crippen LogP contribution in [0.25, 0.3) is 0 Å². The van der Waals surface area contributed by atoms with Crippen LogP contribution in [-0.2, 0) is 9.31 Å². The minimum absolute atomic E-state index is 0.0436. The summed E-state index contributed by atoms with van der Waals surface area (Å²) in [6.07, 6.45) is 2.04. The predicted molar refractivity (Wildman–Crippen MR) is 64.5 cm³/mol. The maximum atomic E-state index is 6.06. The van der Waals surface area contributed by atoms with Crippen LogP contribution in [0.1, 0.15) is 27.7 Å². The first kappa shape index (κ1) is 12.0. The summed E-state index contributed by atoms with van der Waals surface area (Å²) in [6.45, 7) is 10.2. The van der Waals surface area contributed by atoms with E-state index in [2.05, 4.69) is 33.1 Å². The number of hydrogen-bond donors (Lipinski definition) is 1. The molecule has 1 fully saturated rings. The summed E-state index contributed by atoms with van der Waals surface area (Å²) in [5.41, 5.74) is 4.23. The Morgan fingerprint density at radius 2 is 2.06 bits per heavy atom. The highest BCUT2D eigenvalue weighted by Gasteiger charge is 2.47. The van der Waals surface area contributed by atoms with Crippen molar-refractivity contribution < 1.29 is 9.31 Å². The zero-order valence-electron chi connectivity index (χ0n) is 10.8. The van der Waals surface area contributed by atoms with Gasteiger partial charge < -0.3 is 14.3 Å². The number of hydrazine groups is 1. The Labute approximate surface area is 98.1 Å². The van der Waals surface area contributed by atoms with Crippen LogP contribution in [0.15, 0.2) is 11.7 Å². The second kappa shape index (κ2) is 3.76. The quantitative estimate of drug-likeness (QED) is 0.678. The Hall–Kier alpha value is -0.515. The summed E-state index contributed by atoms with van der Waals surface area (Å²) < 4.78 is 11.9. The third kappa shape index (κ3) is 1.99. The van der Waals surface area contributed by atoms with Crippen LogP contribution in [0.5, 0.6) is 0 Å². The molecule has 0 aliphatic carbocycles. The smallest absolute Gasteiger partial charge is 0.407 e. The van der Waals surface area contributed by atoms with Gasteiger partial charge in [0.05, 0.1) is 5.60 Å². The molecule has 2 rings (SSSR count). The fourth-order valence-electron chi connectivity index (χ4n) is 1.80. The molecule has 2 heterocycles. The van der Waals surface area contributed by atoms with E-state index in [-0.39, 0.29) is 18.1 Å². The summed E-state index contributed by atoms with van der Waals surface area (Å²) >= 11 is 0. The van der Waals surface area contributed by atoms with Crippen LogP contribution in [0, 0.1) is 5.41 Å². The van der Waals surface area contributed by atoms with Crippen molar-refractivity contribution in [1.82, 2.24) is 10.4 Å². The fourth-order valence-corrected chi connectivity index (χ4v) is 1.80. The SMILES string of the molecule is CN1C=C(B2OCC(C)(C)C(C)(C)O2)CN1. The van der Waals surface area contributed by atoms with Gasteiger partial charge in [0.25, 0.3) is 0 Å². The lowest BCUT2D eigenvalue weighted by Gasteiger charge is -2.47. The topological polar surface area (TPSA) is 33.7 Å². The Kier molecular flexibility index (Phi) is 2.81. The van der Waals surface area contributed by atoms with Crippen LogP contribution in [-0.4, -0.2) is 37.9 Å². The molecule has 0 aromatic heterocycles. The zero-order valence-corrected chi connectivity index (χ0v) is 10.8. The predicted octanol–water partition coefficient (Wildman–Crippen LogP) is 1.20. The molecule has 0 aromatic rings. The molecular weight excluding hydrogens is 203 g/mol. The van der Waals surface area contributed by atoms with Crippen molar-refractivity contribution in [2.45, 2.75) is 33.3 Å². The van der Waals surface area contributed by atoms with Gasteiger partial charge in [-0.1, -0.05) is 13.8 Å². The number of nitrogens with zero attached hydrogens (tertiary/aromatic N) is 1. The van der Waals surface area contributed by atoms with Gasteiger partial charge in [-0.3, -0.25) is 0 Å². The van der Waals surface area contributed by atoms with Crippen molar-refractivity contribution in [3.8, 4) is 0 Å². The van der Waals surface area contributed by atoms with E-state index in [0.29, 0.717) is 0 Å². The van der Waals surface area contributed by atoms with E-state index in [1.807, 2.05) is 18.3 Å². The normalized spacial score (nSPS) is 28.2. The molecule has 0 atom stereocenters. The molecule has 0 unspecified atom stereocenters. The lowest BCUT2D eigenvalue weighted by Crippen LogP contribution is -2.55. The van der Waals surface area contributed by atoms with E-state index in [9.17, 15) is 0 Å². The third-order valence-electron chi connectivity index (χ3n) is 3.82. The molecule has 90 valence electrons. The fraction of sp³-hybridized carbons (Fsp3) is 0.818. The number of nitrogens with one attached hydrogen (secondary N) is 1. The largest absolute Gasteiger partial charge is 0.492 e. The standard InChI is InChI=1S/C11H21BN2O2/c1-10(2)8-15-12(16-11(10,3)4)9-6-13-14(5)7-9/h7,13H,6,8H2,1-5H3. The lowest BCUT2D eigenvalue weighted by molar-refractivity contribution is -0.0952. The number of rotatable bonds is 1. The van der Waals surface area contributed by atoms with Crippen LogP contribution >= 0.6 is 0 Å². The maximum absolute atomic E-state index is 6.06. The highest BCUT2D eigenvalue weighted by Crippen LogP contribution is 2.39. The molecule has 1 N–H and O–H groups in total. The van der Waals surface area contributed by atoms with Gasteiger partial charge in [0.15, 0.2) is 0 Å². The Morgan fingerprint density at radius 1 is 1.38 bits per heavy atom. The van der Waals surface area contributed by atoms with Gasteiger partial charge in [-0.25, -0.2) is 5.43 Å². The third-order valence-corrected chi connectivity index (χ3v) is 3.82. The van der Waals surface area contributed by atoms with E-state index in [1.165, 1.54) is 0 Å². The van der Waals surface area contributed by atoms with Crippen LogP contribution in [0.3, 0.4) is 0 Å². The first-order valence-electron chi connectivity index (χ1n) is 5.78. The monoisotopic (exact) mass is 224 g/mol. The molecule has 16 heavy (non-hydrogen) atoms. The molecule has 0 aromatic carbocycles. The van der Waals surface area contributed by atoms with Gasteiger partial charge in [-0.05, 0) is 19.3 Å². The van der Waals surface area contributed by atoms with Gasteiger partial charge in [0, 0.05) is 31.8 Å². The van der Waals surface area contributed by atoms with Gasteiger partial charge in [-0.2, -0.15) is 0 Å². The van der Waals surface area contributed by atoms with Gasteiger partial charge in [0.2, 0.25) is 0 Å². The second-order valence-electron chi connectivity index (χ2n) is 5.80. The molecule has 0 radical (unpaired) electrons. The first-order chi connectivity index (χ1) is 7.32. The van der Waals surface area contributed by atoms with E-state index in [0.717, 1.165) is 18.6 Å². The van der Waals surface area contributed by atoms with Crippen molar-refractivity contribution in [3.05, 3.63) is 11.7 Å². The van der Waals surface area contributed by atoms with Crippen molar-refractivity contribution in [1.29, 1.82) is 0 Å². The van der Waals surface area contributed by atoms with E-state index in [1.54, 1.807) is 0 Å². The highest BCUT2D eigenvalue weighted by molar-refractivity contribution is 6.54. The summed E-state index contributed by atoms with van der Waals surface area (Å²) in [6, 6.07) is 0. The summed E-state index contributed by atoms with van der Waals surface area (Å²) in [7, 11) is 1.77. The van der Waals surface area contributed by atoms with Crippen LogP contribution in [0.4, 0.5) is 0 Å². The number of hydrogen-bond acceptors (Lipinski definition) is 4. The minimum atomic E-state index is -0.208. The van der Waals surface area contributed by atoms with Crippen molar-refractivity contribution in [2.75, 3.05) is 20.2 Å². The van der Waals surface area contributed by atoms with E-state index in [4.69, 9.17) is 9.31 Å². The average Bonchev–Trinajstić information content (AvgIpc) is 2.57. The Morgan fingerprint density at radius 3 is 2.56 bits per heavy atom. The summed E-state index contributed by atoms with van der Waals surface area (Å²) in [5.74, 6) is 0. The highest BCUT2D eigenvalue weighted by atomic mass is 16.6. The molecule has 1 saturated heterocycles. The maximum Gasteiger partial charge on any atom is 0.492 e. The van der Waals surface area contributed by atoms with E-state index >= 15 is 0 Å². The molecule has 0 saturated carbocycles. The second-order valence-corrected chi connectivity index (χ2v) is 5.80. The zero-order chi connectivity index (χ0) is 12.0. The van der Waals surface area contributed by atoms with Crippen LogP contribution in [0.2, 0.25) is 0 Å². The lowest BCUT2D eigenvalue weighted by atomic mass is 9.69. The molecule has 4 nitrogen and oxygen atoms in total. The molecule has 0 amide bonds. The van der Waals surface area contributed by atoms with Crippen molar-refractivity contribution >= 4 is 7.12 Å². The van der Waals surface area contributed by atoms with E-state index < -0.39 is 0 Å².